The lowest BCUT2D eigenvalue weighted by molar-refractivity contribution is -0.415. The molecule has 2 rings (SSSR count). The number of halogens is 2. The van der Waals surface area contributed by atoms with E-state index in [4.69, 9.17) is 0 Å². The molecule has 0 spiro atoms. The lowest BCUT2D eigenvalue weighted by Gasteiger charge is -1.93. The molecule has 0 atom stereocenters. The zero-order valence-electron chi connectivity index (χ0n) is 9.93. The van der Waals surface area contributed by atoms with Gasteiger partial charge in [0, 0.05) is 38.1 Å². The normalized spacial score (nSPS) is 9.06. The highest BCUT2D eigenvalue weighted by Crippen LogP contribution is 2.00. The van der Waals surface area contributed by atoms with Crippen molar-refractivity contribution < 1.29 is 34.8 Å². The van der Waals surface area contributed by atoms with E-state index >= 15 is 0 Å². The monoisotopic (exact) mass is 270 g/mol. The van der Waals surface area contributed by atoms with Gasteiger partial charge < -0.3 is 24.8 Å². The van der Waals surface area contributed by atoms with Crippen LogP contribution in [-0.4, -0.2) is 0 Å². The molecule has 2 aromatic heterocycles. The van der Waals surface area contributed by atoms with Crippen LogP contribution in [0.4, 0.5) is 0 Å². The maximum Gasteiger partial charge on any atom is 0.190 e. The second-order valence-electron chi connectivity index (χ2n) is 3.89. The van der Waals surface area contributed by atoms with E-state index < -0.39 is 0 Å². The molecule has 92 valence electrons. The third-order valence-electron chi connectivity index (χ3n) is 2.38. The molecule has 0 amide bonds. The lowest BCUT2D eigenvalue weighted by atomic mass is 10.2. The smallest absolute Gasteiger partial charge is 0.190 e. The van der Waals surface area contributed by atoms with Gasteiger partial charge in [0.2, 0.25) is 0 Å². The van der Waals surface area contributed by atoms with Crippen LogP contribution < -0.4 is 34.8 Å². The molecule has 0 fully saturated rings. The predicted octanol–water partition coefficient (Wildman–Crippen LogP) is -4.47. The Morgan fingerprint density at radius 2 is 1.18 bits per heavy atom. The van der Waals surface area contributed by atoms with Gasteiger partial charge in [-0.1, -0.05) is 0 Å². The predicted molar refractivity (Wildman–Crippen MR) is 58.3 cm³/mol. The number of H-pyrrole nitrogens is 2. The number of nitrogens with one attached hydrogen (secondary N) is 2. The van der Waals surface area contributed by atoms with Gasteiger partial charge in [-0.3, -0.25) is 0 Å². The molecule has 0 aliphatic rings. The van der Waals surface area contributed by atoms with Crippen molar-refractivity contribution in [2.45, 2.75) is 20.3 Å². The number of pyridine rings is 2. The third-order valence-corrected chi connectivity index (χ3v) is 2.38. The fraction of sp³-hybridized carbons (Fsp3) is 0.231. The molecule has 0 aliphatic heterocycles. The fourth-order valence-corrected chi connectivity index (χ4v) is 1.70. The second kappa shape index (κ2) is 7.25. The topological polar surface area (TPSA) is 28.3 Å². The Labute approximate surface area is 114 Å². The Morgan fingerprint density at radius 3 is 1.53 bits per heavy atom. The van der Waals surface area contributed by atoms with Crippen LogP contribution in [0.25, 0.3) is 0 Å². The van der Waals surface area contributed by atoms with Gasteiger partial charge in [-0.2, -0.15) is 0 Å². The molecule has 0 aromatic carbocycles. The molecule has 0 unspecified atom stereocenters. The van der Waals surface area contributed by atoms with Crippen LogP contribution >= 0.6 is 0 Å². The van der Waals surface area contributed by atoms with Crippen LogP contribution in [0.15, 0.2) is 36.4 Å². The first-order valence-electron chi connectivity index (χ1n) is 5.20. The summed E-state index contributed by atoms with van der Waals surface area (Å²) in [7, 11) is 0. The summed E-state index contributed by atoms with van der Waals surface area (Å²) in [5.74, 6) is 0. The Hall–Kier alpha value is -1.12. The Kier molecular flexibility index (Phi) is 6.78. The van der Waals surface area contributed by atoms with Gasteiger partial charge in [0.15, 0.2) is 22.8 Å². The van der Waals surface area contributed by atoms with Crippen molar-refractivity contribution in [3.63, 3.8) is 0 Å². The highest BCUT2D eigenvalue weighted by Gasteiger charge is 2.08. The maximum absolute atomic E-state index is 3.36. The summed E-state index contributed by atoms with van der Waals surface area (Å²) in [4.78, 5) is 6.71. The zero-order chi connectivity index (χ0) is 10.7. The highest BCUT2D eigenvalue weighted by atomic mass is 35.5. The fourth-order valence-electron chi connectivity index (χ4n) is 1.70. The van der Waals surface area contributed by atoms with Crippen molar-refractivity contribution in [3.05, 3.63) is 59.2 Å². The van der Waals surface area contributed by atoms with E-state index in [1.807, 2.05) is 0 Å². The van der Waals surface area contributed by atoms with Crippen LogP contribution in [0.2, 0.25) is 0 Å². The summed E-state index contributed by atoms with van der Waals surface area (Å²) in [5, 5.41) is 0. The van der Waals surface area contributed by atoms with Crippen molar-refractivity contribution in [1.29, 1.82) is 0 Å². The highest BCUT2D eigenvalue weighted by molar-refractivity contribution is 5.10. The second-order valence-corrected chi connectivity index (χ2v) is 3.89. The molecule has 2 nitrogen and oxygen atoms in total. The van der Waals surface area contributed by atoms with Crippen molar-refractivity contribution in [2.75, 3.05) is 0 Å². The first-order chi connectivity index (χ1) is 7.24. The van der Waals surface area contributed by atoms with E-state index in [1.165, 1.54) is 22.8 Å². The Balaban J connectivity index is 0.00000128. The summed E-state index contributed by atoms with van der Waals surface area (Å²) in [6.45, 7) is 4.15. The summed E-state index contributed by atoms with van der Waals surface area (Å²) < 4.78 is 0. The SMILES string of the molecule is Cc1cccc(Cc2cccc(C)[nH+]2)[nH+]1.[Cl-].[Cl-]. The number of rotatable bonds is 2. The van der Waals surface area contributed by atoms with Crippen molar-refractivity contribution in [2.24, 2.45) is 0 Å². The molecule has 0 radical (unpaired) electrons. The van der Waals surface area contributed by atoms with Gasteiger partial charge >= 0.3 is 0 Å². The van der Waals surface area contributed by atoms with Crippen LogP contribution in [0.3, 0.4) is 0 Å². The van der Waals surface area contributed by atoms with E-state index in [-0.39, 0.29) is 24.8 Å². The van der Waals surface area contributed by atoms with Crippen molar-refractivity contribution in [3.8, 4) is 0 Å². The molecule has 2 aromatic rings. The molecule has 2 heterocycles. The number of hydrogen-bond donors (Lipinski definition) is 0. The minimum absolute atomic E-state index is 0. The van der Waals surface area contributed by atoms with Crippen LogP contribution in [0.1, 0.15) is 22.8 Å². The molecule has 0 saturated carbocycles. The van der Waals surface area contributed by atoms with E-state index in [2.05, 4.69) is 60.2 Å². The third kappa shape index (κ3) is 4.72. The van der Waals surface area contributed by atoms with Gasteiger partial charge in [0.1, 0.15) is 6.42 Å². The van der Waals surface area contributed by atoms with E-state index in [9.17, 15) is 0 Å². The Bertz CT molecular complexity index is 429. The molecule has 0 saturated heterocycles. The molecule has 4 heteroatoms. The average Bonchev–Trinajstić information content (AvgIpc) is 2.17. The molecular formula is C13H16Cl2N2. The summed E-state index contributed by atoms with van der Waals surface area (Å²) in [6.07, 6.45) is 0.920. The van der Waals surface area contributed by atoms with Gasteiger partial charge in [0.05, 0.1) is 0 Å². The number of hydrogen-bond acceptors (Lipinski definition) is 0. The van der Waals surface area contributed by atoms with E-state index in [0.29, 0.717) is 0 Å². The van der Waals surface area contributed by atoms with Crippen LogP contribution in [0, 0.1) is 13.8 Å². The number of aromatic amines is 2. The first-order valence-corrected chi connectivity index (χ1v) is 5.20. The molecular weight excluding hydrogens is 255 g/mol. The average molecular weight is 271 g/mol. The number of aryl methyl sites for hydroxylation is 2. The molecule has 0 aliphatic carbocycles. The Morgan fingerprint density at radius 1 is 0.765 bits per heavy atom. The zero-order valence-corrected chi connectivity index (χ0v) is 11.4. The maximum atomic E-state index is 3.36. The summed E-state index contributed by atoms with van der Waals surface area (Å²) in [5.41, 5.74) is 4.86. The van der Waals surface area contributed by atoms with E-state index in [0.717, 1.165) is 6.42 Å². The largest absolute Gasteiger partial charge is 1.00 e. The lowest BCUT2D eigenvalue weighted by Crippen LogP contribution is -3.00. The minimum atomic E-state index is 0. The standard InChI is InChI=1S/C13H14N2.2ClH/c1-10-5-3-7-12(14-10)9-13-8-4-6-11(2)15-13;;/h3-8H,9H2,1-2H3;2*1H. The van der Waals surface area contributed by atoms with Gasteiger partial charge in [-0.15, -0.1) is 0 Å². The number of aromatic nitrogens is 2. The van der Waals surface area contributed by atoms with Gasteiger partial charge in [-0.25, -0.2) is 9.97 Å². The van der Waals surface area contributed by atoms with Gasteiger partial charge in [0.25, 0.3) is 0 Å². The van der Waals surface area contributed by atoms with Crippen molar-refractivity contribution >= 4 is 0 Å². The van der Waals surface area contributed by atoms with Crippen molar-refractivity contribution in [1.82, 2.24) is 0 Å². The molecule has 2 N–H and O–H groups in total. The minimum Gasteiger partial charge on any atom is -1.00 e. The van der Waals surface area contributed by atoms with Gasteiger partial charge in [-0.05, 0) is 12.1 Å². The quantitative estimate of drug-likeness (QED) is 0.527. The van der Waals surface area contributed by atoms with Crippen LogP contribution in [0.5, 0.6) is 0 Å². The molecule has 0 bridgehead atoms. The van der Waals surface area contributed by atoms with Crippen LogP contribution in [-0.2, 0) is 6.42 Å². The summed E-state index contributed by atoms with van der Waals surface area (Å²) in [6, 6.07) is 12.5. The first kappa shape index (κ1) is 15.9. The summed E-state index contributed by atoms with van der Waals surface area (Å²) >= 11 is 0. The van der Waals surface area contributed by atoms with E-state index in [1.54, 1.807) is 0 Å². The molecule has 17 heavy (non-hydrogen) atoms.